The minimum absolute atomic E-state index is 0.235. The second-order valence-corrected chi connectivity index (χ2v) is 7.61. The Kier molecular flexibility index (Phi) is 5.70. The maximum absolute atomic E-state index is 11.9. The fourth-order valence-electron chi connectivity index (χ4n) is 2.05. The van der Waals surface area contributed by atoms with Crippen molar-refractivity contribution < 1.29 is 28.6 Å². The van der Waals surface area contributed by atoms with Gasteiger partial charge in [0.1, 0.15) is 5.60 Å². The molecule has 9 heteroatoms. The number of esters is 2. The maximum Gasteiger partial charge on any atom is 0.412 e. The van der Waals surface area contributed by atoms with Gasteiger partial charge in [-0.2, -0.15) is 0 Å². The summed E-state index contributed by atoms with van der Waals surface area (Å²) >= 11 is 6.15. The van der Waals surface area contributed by atoms with Crippen molar-refractivity contribution in [2.45, 2.75) is 46.0 Å². The highest BCUT2D eigenvalue weighted by atomic mass is 35.5. The Morgan fingerprint density at radius 3 is 2.30 bits per heavy atom. The average molecular weight is 397 g/mol. The highest BCUT2D eigenvalue weighted by Crippen LogP contribution is 2.27. The van der Waals surface area contributed by atoms with Crippen LogP contribution in [0, 0.1) is 0 Å². The topological polar surface area (TPSA) is 103 Å². The molecular weight excluding hydrogens is 376 g/mol. The van der Waals surface area contributed by atoms with Gasteiger partial charge in [-0.05, 0) is 39.0 Å². The van der Waals surface area contributed by atoms with Crippen LogP contribution in [0.3, 0.4) is 0 Å². The summed E-state index contributed by atoms with van der Waals surface area (Å²) in [5, 5.41) is 5.54. The molecule has 0 bridgehead atoms. The lowest BCUT2D eigenvalue weighted by Gasteiger charge is -2.29. The molecule has 1 fully saturated rings. The number of halogens is 1. The van der Waals surface area contributed by atoms with Crippen molar-refractivity contribution in [2.75, 3.05) is 10.6 Å². The number of hydrogen-bond donors (Lipinski definition) is 2. The predicted octanol–water partition coefficient (Wildman–Crippen LogP) is 3.82. The van der Waals surface area contributed by atoms with Gasteiger partial charge in [0.2, 0.25) is 0 Å². The molecule has 1 aromatic rings. The molecule has 1 aliphatic heterocycles. The molecule has 1 heterocycles. The van der Waals surface area contributed by atoms with Crippen LogP contribution in [0.25, 0.3) is 0 Å². The van der Waals surface area contributed by atoms with Gasteiger partial charge in [0, 0.05) is 25.7 Å². The zero-order chi connectivity index (χ0) is 20.4. The van der Waals surface area contributed by atoms with E-state index in [4.69, 9.17) is 25.8 Å². The SMILES string of the molecule is CC(C)(C)OC(=O)Nc1ccc(NC=C2C(=O)OC(C)(C)OC2=O)cc1Cl. The fraction of sp³-hybridized carbons (Fsp3) is 0.389. The molecule has 1 amide bonds. The van der Waals surface area contributed by atoms with E-state index in [1.807, 2.05) is 0 Å². The minimum Gasteiger partial charge on any atom is -0.444 e. The number of amides is 1. The number of benzene rings is 1. The zero-order valence-corrected chi connectivity index (χ0v) is 16.4. The number of anilines is 2. The van der Waals surface area contributed by atoms with Crippen LogP contribution in [0.4, 0.5) is 16.2 Å². The van der Waals surface area contributed by atoms with Gasteiger partial charge in [-0.25, -0.2) is 14.4 Å². The van der Waals surface area contributed by atoms with Crippen molar-refractivity contribution in [3.8, 4) is 0 Å². The third-order valence-corrected chi connectivity index (χ3v) is 3.42. The number of carbonyl (C=O) groups is 3. The monoisotopic (exact) mass is 396 g/mol. The van der Waals surface area contributed by atoms with E-state index in [0.717, 1.165) is 0 Å². The quantitative estimate of drug-likeness (QED) is 0.454. The van der Waals surface area contributed by atoms with Crippen LogP contribution in [-0.4, -0.2) is 29.4 Å². The molecule has 2 rings (SSSR count). The van der Waals surface area contributed by atoms with E-state index in [0.29, 0.717) is 11.4 Å². The van der Waals surface area contributed by atoms with E-state index in [1.165, 1.54) is 26.1 Å². The number of ether oxygens (including phenoxy) is 3. The van der Waals surface area contributed by atoms with Crippen LogP contribution < -0.4 is 10.6 Å². The number of hydrogen-bond acceptors (Lipinski definition) is 7. The second-order valence-electron chi connectivity index (χ2n) is 7.20. The fourth-order valence-corrected chi connectivity index (χ4v) is 2.28. The van der Waals surface area contributed by atoms with Crippen molar-refractivity contribution in [1.82, 2.24) is 0 Å². The summed E-state index contributed by atoms with van der Waals surface area (Å²) < 4.78 is 15.1. The van der Waals surface area contributed by atoms with Gasteiger partial charge >= 0.3 is 18.0 Å². The van der Waals surface area contributed by atoms with E-state index in [2.05, 4.69) is 10.6 Å². The Bertz CT molecular complexity index is 789. The van der Waals surface area contributed by atoms with E-state index in [9.17, 15) is 14.4 Å². The van der Waals surface area contributed by atoms with Gasteiger partial charge < -0.3 is 19.5 Å². The molecule has 0 aliphatic carbocycles. The van der Waals surface area contributed by atoms with Gasteiger partial charge in [-0.1, -0.05) is 11.6 Å². The van der Waals surface area contributed by atoms with E-state index in [-0.39, 0.29) is 10.6 Å². The number of nitrogens with one attached hydrogen (secondary N) is 2. The van der Waals surface area contributed by atoms with Crippen LogP contribution in [0.2, 0.25) is 5.02 Å². The van der Waals surface area contributed by atoms with Gasteiger partial charge in [0.05, 0.1) is 10.7 Å². The molecule has 1 aromatic carbocycles. The van der Waals surface area contributed by atoms with Gasteiger partial charge in [-0.15, -0.1) is 0 Å². The summed E-state index contributed by atoms with van der Waals surface area (Å²) in [6.45, 7) is 8.16. The largest absolute Gasteiger partial charge is 0.444 e. The first kappa shape index (κ1) is 20.6. The Hall–Kier alpha value is -2.74. The molecule has 2 N–H and O–H groups in total. The first-order valence-corrected chi connectivity index (χ1v) is 8.47. The minimum atomic E-state index is -1.30. The molecule has 8 nitrogen and oxygen atoms in total. The Morgan fingerprint density at radius 2 is 1.78 bits per heavy atom. The van der Waals surface area contributed by atoms with Crippen molar-refractivity contribution in [1.29, 1.82) is 0 Å². The Morgan fingerprint density at radius 1 is 1.19 bits per heavy atom. The summed E-state index contributed by atoms with van der Waals surface area (Å²) in [5.41, 5.74) is -0.0846. The Balaban J connectivity index is 2.07. The summed E-state index contributed by atoms with van der Waals surface area (Å²) in [6, 6.07) is 4.65. The molecule has 0 spiro atoms. The van der Waals surface area contributed by atoms with Gasteiger partial charge in [0.25, 0.3) is 5.79 Å². The van der Waals surface area contributed by atoms with Crippen LogP contribution >= 0.6 is 11.6 Å². The van der Waals surface area contributed by atoms with Crippen molar-refractivity contribution >= 4 is 41.0 Å². The van der Waals surface area contributed by atoms with E-state index < -0.39 is 29.4 Å². The lowest BCUT2D eigenvalue weighted by Crippen LogP contribution is -2.42. The molecule has 146 valence electrons. The van der Waals surface area contributed by atoms with Crippen LogP contribution in [0.5, 0.6) is 0 Å². The molecule has 0 unspecified atom stereocenters. The first-order valence-electron chi connectivity index (χ1n) is 8.09. The predicted molar refractivity (Wildman–Crippen MR) is 99.3 cm³/mol. The third kappa shape index (κ3) is 5.89. The van der Waals surface area contributed by atoms with Gasteiger partial charge in [0.15, 0.2) is 5.57 Å². The smallest absolute Gasteiger partial charge is 0.412 e. The van der Waals surface area contributed by atoms with Crippen molar-refractivity contribution in [3.05, 3.63) is 35.0 Å². The standard InChI is InChI=1S/C18H21ClN2O6/c1-17(2,3)27-16(24)21-13-7-6-10(8-12(13)19)20-9-11-14(22)25-18(4,5)26-15(11)23/h6-9,20H,1-5H3,(H,21,24). The van der Waals surface area contributed by atoms with Gasteiger partial charge in [-0.3, -0.25) is 5.32 Å². The lowest BCUT2D eigenvalue weighted by molar-refractivity contribution is -0.222. The van der Waals surface area contributed by atoms with Crippen molar-refractivity contribution in [3.63, 3.8) is 0 Å². The normalized spacial score (nSPS) is 16.1. The molecular formula is C18H21ClN2O6. The number of carbonyl (C=O) groups excluding carboxylic acids is 3. The zero-order valence-electron chi connectivity index (χ0n) is 15.6. The van der Waals surface area contributed by atoms with Crippen molar-refractivity contribution in [2.24, 2.45) is 0 Å². The second kappa shape index (κ2) is 7.48. The lowest BCUT2D eigenvalue weighted by atomic mass is 10.2. The van der Waals surface area contributed by atoms with E-state index >= 15 is 0 Å². The highest BCUT2D eigenvalue weighted by molar-refractivity contribution is 6.34. The molecule has 0 radical (unpaired) electrons. The summed E-state index contributed by atoms with van der Waals surface area (Å²) in [6.07, 6.45) is 0.537. The molecule has 0 atom stereocenters. The molecule has 1 aliphatic rings. The Labute approximate surface area is 161 Å². The number of cyclic esters (lactones) is 2. The molecule has 0 saturated carbocycles. The highest BCUT2D eigenvalue weighted by Gasteiger charge is 2.38. The summed E-state index contributed by atoms with van der Waals surface area (Å²) in [5.74, 6) is -2.89. The first-order chi connectivity index (χ1) is 12.4. The molecule has 27 heavy (non-hydrogen) atoms. The third-order valence-electron chi connectivity index (χ3n) is 3.10. The van der Waals surface area contributed by atoms with E-state index in [1.54, 1.807) is 32.9 Å². The molecule has 0 aromatic heterocycles. The van der Waals surface area contributed by atoms with Crippen LogP contribution in [0.15, 0.2) is 30.0 Å². The number of rotatable bonds is 3. The summed E-state index contributed by atoms with van der Waals surface area (Å²) in [4.78, 5) is 35.6. The van der Waals surface area contributed by atoms with Crippen LogP contribution in [-0.2, 0) is 23.8 Å². The maximum atomic E-state index is 11.9. The van der Waals surface area contributed by atoms with Crippen LogP contribution in [0.1, 0.15) is 34.6 Å². The summed E-state index contributed by atoms with van der Waals surface area (Å²) in [7, 11) is 0. The average Bonchev–Trinajstić information content (AvgIpc) is 2.46. The molecule has 1 saturated heterocycles.